The van der Waals surface area contributed by atoms with Crippen LogP contribution in [0.5, 0.6) is 0 Å². The normalized spacial score (nSPS) is 13.5. The lowest BCUT2D eigenvalue weighted by atomic mass is 10.5. The number of aliphatic hydroxyl groups excluding tert-OH is 1. The van der Waals surface area contributed by atoms with Crippen molar-refractivity contribution >= 4 is 11.8 Å². The first-order chi connectivity index (χ1) is 4.81. The van der Waals surface area contributed by atoms with Gasteiger partial charge in [-0.25, -0.2) is 0 Å². The van der Waals surface area contributed by atoms with E-state index in [1.165, 1.54) is 0 Å². The number of ether oxygens (including phenoxy) is 1. The fraction of sp³-hybridized carbons (Fsp3) is 1.00. The summed E-state index contributed by atoms with van der Waals surface area (Å²) < 4.78 is 4.95. The summed E-state index contributed by atoms with van der Waals surface area (Å²) in [6.45, 7) is 3.23. The average molecular weight is 164 g/mol. The van der Waals surface area contributed by atoms with Gasteiger partial charge in [-0.1, -0.05) is 6.92 Å². The molecule has 2 nitrogen and oxygen atoms in total. The summed E-state index contributed by atoms with van der Waals surface area (Å²) >= 11 is 1.84. The van der Waals surface area contributed by atoms with E-state index in [-0.39, 0.29) is 0 Å². The molecule has 10 heavy (non-hydrogen) atoms. The predicted octanol–water partition coefficient (Wildman–Crippen LogP) is 1.14. The molecule has 0 radical (unpaired) electrons. The molecule has 0 saturated heterocycles. The first-order valence-electron chi connectivity index (χ1n) is 3.52. The minimum Gasteiger partial charge on any atom is -0.396 e. The van der Waals surface area contributed by atoms with Crippen molar-refractivity contribution < 1.29 is 9.84 Å². The summed E-state index contributed by atoms with van der Waals surface area (Å²) in [5.41, 5.74) is 0. The summed E-state index contributed by atoms with van der Waals surface area (Å²) in [7, 11) is 1.71. The number of thioether (sulfide) groups is 1. The van der Waals surface area contributed by atoms with Crippen LogP contribution >= 0.6 is 11.8 Å². The molecule has 0 spiro atoms. The van der Waals surface area contributed by atoms with Gasteiger partial charge in [0, 0.05) is 19.0 Å². The van der Waals surface area contributed by atoms with Gasteiger partial charge in [-0.3, -0.25) is 0 Å². The highest BCUT2D eigenvalue weighted by atomic mass is 32.2. The summed E-state index contributed by atoms with van der Waals surface area (Å²) in [6, 6.07) is 0. The lowest BCUT2D eigenvalue weighted by Crippen LogP contribution is -2.06. The van der Waals surface area contributed by atoms with Crippen LogP contribution in [0.15, 0.2) is 0 Å². The Bertz CT molecular complexity index is 68.6. The summed E-state index contributed by atoms with van der Waals surface area (Å²) in [5.74, 6) is 1.03. The highest BCUT2D eigenvalue weighted by Gasteiger charge is 1.99. The summed E-state index contributed by atoms with van der Waals surface area (Å²) in [6.07, 6.45) is 0.888. The van der Waals surface area contributed by atoms with Crippen molar-refractivity contribution in [2.24, 2.45) is 0 Å². The molecule has 0 aliphatic heterocycles. The van der Waals surface area contributed by atoms with Gasteiger partial charge in [0.15, 0.2) is 0 Å². The monoisotopic (exact) mass is 164 g/mol. The lowest BCUT2D eigenvalue weighted by molar-refractivity contribution is 0.203. The molecule has 0 aliphatic carbocycles. The Labute approximate surface area is 67.0 Å². The van der Waals surface area contributed by atoms with Gasteiger partial charge in [0.05, 0.1) is 6.61 Å². The number of aliphatic hydroxyl groups is 1. The molecule has 62 valence electrons. The Morgan fingerprint density at radius 2 is 2.30 bits per heavy atom. The number of methoxy groups -OCH3 is 1. The first kappa shape index (κ1) is 10.3. The van der Waals surface area contributed by atoms with Crippen LogP contribution in [0.25, 0.3) is 0 Å². The van der Waals surface area contributed by atoms with E-state index in [4.69, 9.17) is 9.84 Å². The number of hydrogen-bond acceptors (Lipinski definition) is 3. The van der Waals surface area contributed by atoms with Crippen molar-refractivity contribution in [3.05, 3.63) is 0 Å². The molecular weight excluding hydrogens is 148 g/mol. The Morgan fingerprint density at radius 3 is 2.80 bits per heavy atom. The SMILES string of the molecule is COCC(C)SCCCO. The molecule has 0 aromatic rings. The van der Waals surface area contributed by atoms with E-state index < -0.39 is 0 Å². The molecule has 0 aliphatic rings. The van der Waals surface area contributed by atoms with Gasteiger partial charge in [-0.2, -0.15) is 11.8 Å². The van der Waals surface area contributed by atoms with E-state index in [2.05, 4.69) is 6.92 Å². The Balaban J connectivity index is 2.97. The Morgan fingerprint density at radius 1 is 1.60 bits per heavy atom. The van der Waals surface area contributed by atoms with Crippen LogP contribution < -0.4 is 0 Å². The molecule has 0 fully saturated rings. The first-order valence-corrected chi connectivity index (χ1v) is 4.57. The topological polar surface area (TPSA) is 29.5 Å². The van der Waals surface area contributed by atoms with Gasteiger partial charge in [0.2, 0.25) is 0 Å². The molecule has 0 aromatic carbocycles. The van der Waals surface area contributed by atoms with Gasteiger partial charge in [-0.05, 0) is 12.2 Å². The highest BCUT2D eigenvalue weighted by molar-refractivity contribution is 7.99. The van der Waals surface area contributed by atoms with Crippen molar-refractivity contribution in [2.75, 3.05) is 26.1 Å². The van der Waals surface area contributed by atoms with Gasteiger partial charge < -0.3 is 9.84 Å². The smallest absolute Gasteiger partial charge is 0.0578 e. The van der Waals surface area contributed by atoms with E-state index in [1.807, 2.05) is 11.8 Å². The second-order valence-corrected chi connectivity index (χ2v) is 3.76. The Hall–Kier alpha value is 0.270. The molecule has 0 saturated carbocycles. The van der Waals surface area contributed by atoms with Crippen LogP contribution in [0.4, 0.5) is 0 Å². The van der Waals surface area contributed by atoms with Crippen LogP contribution in [0.3, 0.4) is 0 Å². The molecule has 0 amide bonds. The van der Waals surface area contributed by atoms with Crippen LogP contribution in [0.1, 0.15) is 13.3 Å². The molecule has 1 atom stereocenters. The second-order valence-electron chi connectivity index (χ2n) is 2.21. The molecule has 0 rings (SSSR count). The molecular formula is C7H16O2S. The van der Waals surface area contributed by atoms with Crippen molar-refractivity contribution in [1.29, 1.82) is 0 Å². The minimum absolute atomic E-state index is 0.298. The molecule has 3 heteroatoms. The van der Waals surface area contributed by atoms with E-state index in [9.17, 15) is 0 Å². The zero-order chi connectivity index (χ0) is 7.82. The predicted molar refractivity (Wildman–Crippen MR) is 45.5 cm³/mol. The maximum absolute atomic E-state index is 8.46. The lowest BCUT2D eigenvalue weighted by Gasteiger charge is -2.07. The van der Waals surface area contributed by atoms with Gasteiger partial charge in [0.25, 0.3) is 0 Å². The summed E-state index contributed by atoms with van der Waals surface area (Å²) in [5, 5.41) is 9.02. The van der Waals surface area contributed by atoms with Gasteiger partial charge >= 0.3 is 0 Å². The van der Waals surface area contributed by atoms with E-state index in [1.54, 1.807) is 7.11 Å². The molecule has 1 N–H and O–H groups in total. The maximum atomic E-state index is 8.46. The van der Waals surface area contributed by atoms with E-state index in [0.29, 0.717) is 11.9 Å². The maximum Gasteiger partial charge on any atom is 0.0578 e. The third-order valence-corrected chi connectivity index (χ3v) is 2.34. The quantitative estimate of drug-likeness (QED) is 0.597. The van der Waals surface area contributed by atoms with Crippen molar-refractivity contribution in [2.45, 2.75) is 18.6 Å². The van der Waals surface area contributed by atoms with Gasteiger partial charge in [-0.15, -0.1) is 0 Å². The third-order valence-electron chi connectivity index (χ3n) is 1.11. The second kappa shape index (κ2) is 7.38. The largest absolute Gasteiger partial charge is 0.396 e. The van der Waals surface area contributed by atoms with E-state index in [0.717, 1.165) is 18.8 Å². The fourth-order valence-corrected chi connectivity index (χ4v) is 1.56. The molecule has 1 unspecified atom stereocenters. The fourth-order valence-electron chi connectivity index (χ4n) is 0.632. The van der Waals surface area contributed by atoms with E-state index >= 15 is 0 Å². The average Bonchev–Trinajstić information content (AvgIpc) is 1.89. The highest BCUT2D eigenvalue weighted by Crippen LogP contribution is 2.10. The molecule has 0 aromatic heterocycles. The van der Waals surface area contributed by atoms with Crippen LogP contribution in [0.2, 0.25) is 0 Å². The molecule has 0 bridgehead atoms. The summed E-state index contributed by atoms with van der Waals surface area (Å²) in [4.78, 5) is 0. The minimum atomic E-state index is 0.298. The standard InChI is InChI=1S/C7H16O2S/c1-7(6-9-2)10-5-3-4-8/h7-8H,3-6H2,1-2H3. The third kappa shape index (κ3) is 6.39. The van der Waals surface area contributed by atoms with Crippen LogP contribution in [-0.2, 0) is 4.74 Å². The zero-order valence-electron chi connectivity index (χ0n) is 6.67. The number of hydrogen-bond donors (Lipinski definition) is 1. The van der Waals surface area contributed by atoms with Crippen LogP contribution in [-0.4, -0.2) is 36.4 Å². The van der Waals surface area contributed by atoms with Crippen molar-refractivity contribution in [1.82, 2.24) is 0 Å². The van der Waals surface area contributed by atoms with Gasteiger partial charge in [0.1, 0.15) is 0 Å². The zero-order valence-corrected chi connectivity index (χ0v) is 7.49. The van der Waals surface area contributed by atoms with Crippen LogP contribution in [0, 0.1) is 0 Å². The van der Waals surface area contributed by atoms with Crippen molar-refractivity contribution in [3.63, 3.8) is 0 Å². The number of rotatable bonds is 6. The molecule has 0 heterocycles. The van der Waals surface area contributed by atoms with Crippen molar-refractivity contribution in [3.8, 4) is 0 Å². The Kier molecular flexibility index (Phi) is 7.58.